The Morgan fingerprint density at radius 1 is 1.47 bits per heavy atom. The van der Waals surface area contributed by atoms with Crippen molar-refractivity contribution in [3.05, 3.63) is 21.7 Å². The van der Waals surface area contributed by atoms with Gasteiger partial charge in [0.15, 0.2) is 17.3 Å². The molecule has 1 aliphatic rings. The predicted octanol–water partition coefficient (Wildman–Crippen LogP) is 2.06. The van der Waals surface area contributed by atoms with E-state index in [-0.39, 0.29) is 5.78 Å². The lowest BCUT2D eigenvalue weighted by molar-refractivity contribution is 0.0982. The minimum atomic E-state index is 0.0221. The number of halogens is 1. The van der Waals surface area contributed by atoms with Crippen LogP contribution in [0, 0.1) is 6.92 Å². The summed E-state index contributed by atoms with van der Waals surface area (Å²) in [4.78, 5) is 12.0. The van der Waals surface area contributed by atoms with Gasteiger partial charge in [0.2, 0.25) is 0 Å². The molecule has 17 heavy (non-hydrogen) atoms. The van der Waals surface area contributed by atoms with Crippen molar-refractivity contribution in [1.82, 2.24) is 0 Å². The van der Waals surface area contributed by atoms with E-state index in [4.69, 9.17) is 15.2 Å². The Morgan fingerprint density at radius 3 is 2.88 bits per heavy atom. The zero-order valence-corrected chi connectivity index (χ0v) is 11.2. The lowest BCUT2D eigenvalue weighted by Crippen LogP contribution is -2.18. The second-order valence-corrected chi connectivity index (χ2v) is 4.70. The molecule has 0 radical (unpaired) electrons. The molecule has 4 nitrogen and oxygen atoms in total. The molecular weight excluding hydrogens is 286 g/mol. The van der Waals surface area contributed by atoms with E-state index in [1.165, 1.54) is 0 Å². The third-order valence-corrected chi connectivity index (χ3v) is 3.30. The van der Waals surface area contributed by atoms with Gasteiger partial charge >= 0.3 is 0 Å². The molecule has 0 atom stereocenters. The Labute approximate surface area is 108 Å². The molecule has 0 fully saturated rings. The van der Waals surface area contributed by atoms with E-state index in [0.29, 0.717) is 43.2 Å². The number of fused-ring (bicyclic) bond motifs is 1. The quantitative estimate of drug-likeness (QED) is 0.868. The van der Waals surface area contributed by atoms with Gasteiger partial charge in [0, 0.05) is 22.0 Å². The van der Waals surface area contributed by atoms with E-state index in [0.717, 1.165) is 10.0 Å². The first-order chi connectivity index (χ1) is 8.15. The number of hydrogen-bond acceptors (Lipinski definition) is 4. The van der Waals surface area contributed by atoms with Crippen LogP contribution in [0.3, 0.4) is 0 Å². The zero-order chi connectivity index (χ0) is 12.4. The fourth-order valence-corrected chi connectivity index (χ4v) is 2.64. The van der Waals surface area contributed by atoms with Crippen LogP contribution in [0.15, 0.2) is 10.5 Å². The van der Waals surface area contributed by atoms with Crippen LogP contribution in [0.1, 0.15) is 22.3 Å². The van der Waals surface area contributed by atoms with Crippen LogP contribution in [0.25, 0.3) is 0 Å². The standard InChI is InChI=1S/C12H14BrNO3/c1-7-11(9(15)2-3-14)8(13)6-10-12(7)17-5-4-16-10/h6H,2-5,14H2,1H3. The van der Waals surface area contributed by atoms with Crippen LogP contribution in [-0.4, -0.2) is 25.5 Å². The Bertz CT molecular complexity index is 460. The molecule has 2 N–H and O–H groups in total. The lowest BCUT2D eigenvalue weighted by Gasteiger charge is -2.22. The number of nitrogens with two attached hydrogens (primary N) is 1. The van der Waals surface area contributed by atoms with Gasteiger partial charge in [0.05, 0.1) is 0 Å². The largest absolute Gasteiger partial charge is 0.486 e. The summed E-state index contributed by atoms with van der Waals surface area (Å²) in [6, 6.07) is 1.78. The first kappa shape index (κ1) is 12.4. The second kappa shape index (κ2) is 5.06. The molecule has 0 saturated heterocycles. The van der Waals surface area contributed by atoms with Gasteiger partial charge in [0.1, 0.15) is 13.2 Å². The van der Waals surface area contributed by atoms with Crippen molar-refractivity contribution in [2.24, 2.45) is 5.73 Å². The van der Waals surface area contributed by atoms with E-state index in [1.807, 2.05) is 6.92 Å². The number of Topliss-reactive ketones (excluding diaryl/α,β-unsaturated/α-hetero) is 1. The highest BCUT2D eigenvalue weighted by Gasteiger charge is 2.22. The van der Waals surface area contributed by atoms with Gasteiger partial charge in [-0.05, 0) is 35.5 Å². The van der Waals surface area contributed by atoms with Crippen LogP contribution in [0.5, 0.6) is 11.5 Å². The van der Waals surface area contributed by atoms with Crippen molar-refractivity contribution in [3.63, 3.8) is 0 Å². The number of benzene rings is 1. The Hall–Kier alpha value is -1.07. The SMILES string of the molecule is Cc1c2c(cc(Br)c1C(=O)CCN)OCCO2. The number of rotatable bonds is 3. The minimum Gasteiger partial charge on any atom is -0.486 e. The second-order valence-electron chi connectivity index (χ2n) is 3.84. The van der Waals surface area contributed by atoms with Gasteiger partial charge in [0.25, 0.3) is 0 Å². The molecule has 0 bridgehead atoms. The maximum absolute atomic E-state index is 12.0. The number of carbonyl (C=O) groups is 1. The van der Waals surface area contributed by atoms with E-state index in [1.54, 1.807) is 6.07 Å². The van der Waals surface area contributed by atoms with Crippen molar-refractivity contribution in [1.29, 1.82) is 0 Å². The van der Waals surface area contributed by atoms with Crippen molar-refractivity contribution in [2.75, 3.05) is 19.8 Å². The number of hydrogen-bond donors (Lipinski definition) is 1. The summed E-state index contributed by atoms with van der Waals surface area (Å²) in [5.74, 6) is 1.37. The van der Waals surface area contributed by atoms with Gasteiger partial charge in [-0.2, -0.15) is 0 Å². The zero-order valence-electron chi connectivity index (χ0n) is 9.59. The maximum atomic E-state index is 12.0. The molecule has 0 spiro atoms. The first-order valence-corrected chi connectivity index (χ1v) is 6.26. The molecule has 1 aromatic carbocycles. The van der Waals surface area contributed by atoms with Crippen LogP contribution < -0.4 is 15.2 Å². The van der Waals surface area contributed by atoms with Gasteiger partial charge in [-0.25, -0.2) is 0 Å². The average Bonchev–Trinajstić information content (AvgIpc) is 2.29. The van der Waals surface area contributed by atoms with Crippen molar-refractivity contribution in [3.8, 4) is 11.5 Å². The van der Waals surface area contributed by atoms with Crippen molar-refractivity contribution in [2.45, 2.75) is 13.3 Å². The highest BCUT2D eigenvalue weighted by atomic mass is 79.9. The van der Waals surface area contributed by atoms with Crippen LogP contribution >= 0.6 is 15.9 Å². The molecule has 0 unspecified atom stereocenters. The Balaban J connectivity index is 2.49. The smallest absolute Gasteiger partial charge is 0.165 e. The molecule has 1 aliphatic heterocycles. The molecule has 1 aromatic rings. The molecule has 0 saturated carbocycles. The number of ketones is 1. The predicted molar refractivity (Wildman–Crippen MR) is 67.9 cm³/mol. The molecular formula is C12H14BrNO3. The monoisotopic (exact) mass is 299 g/mol. The minimum absolute atomic E-state index is 0.0221. The first-order valence-electron chi connectivity index (χ1n) is 5.47. The van der Waals surface area contributed by atoms with Crippen molar-refractivity contribution < 1.29 is 14.3 Å². The highest BCUT2D eigenvalue weighted by Crippen LogP contribution is 2.39. The van der Waals surface area contributed by atoms with Gasteiger partial charge in [-0.1, -0.05) is 0 Å². The topological polar surface area (TPSA) is 61.6 Å². The molecule has 2 rings (SSSR count). The van der Waals surface area contributed by atoms with E-state index in [9.17, 15) is 4.79 Å². The maximum Gasteiger partial charge on any atom is 0.165 e. The Morgan fingerprint density at radius 2 is 2.18 bits per heavy atom. The fraction of sp³-hybridized carbons (Fsp3) is 0.417. The summed E-state index contributed by atoms with van der Waals surface area (Å²) >= 11 is 3.40. The fourth-order valence-electron chi connectivity index (χ4n) is 1.91. The molecule has 5 heteroatoms. The summed E-state index contributed by atoms with van der Waals surface area (Å²) in [6.45, 7) is 3.26. The molecule has 92 valence electrons. The molecule has 0 amide bonds. The lowest BCUT2D eigenvalue weighted by atomic mass is 10.0. The van der Waals surface area contributed by atoms with Crippen LogP contribution in [0.4, 0.5) is 0 Å². The van der Waals surface area contributed by atoms with Gasteiger partial charge in [-0.15, -0.1) is 0 Å². The highest BCUT2D eigenvalue weighted by molar-refractivity contribution is 9.10. The normalized spacial score (nSPS) is 13.6. The summed E-state index contributed by atoms with van der Waals surface area (Å²) in [5, 5.41) is 0. The van der Waals surface area contributed by atoms with E-state index >= 15 is 0 Å². The average molecular weight is 300 g/mol. The van der Waals surface area contributed by atoms with E-state index < -0.39 is 0 Å². The van der Waals surface area contributed by atoms with Crippen molar-refractivity contribution >= 4 is 21.7 Å². The van der Waals surface area contributed by atoms with Crippen LogP contribution in [-0.2, 0) is 0 Å². The Kier molecular flexibility index (Phi) is 3.69. The summed E-state index contributed by atoms with van der Waals surface area (Å²) < 4.78 is 11.8. The summed E-state index contributed by atoms with van der Waals surface area (Å²) in [5.41, 5.74) is 6.86. The summed E-state index contributed by atoms with van der Waals surface area (Å²) in [7, 11) is 0. The molecule has 1 heterocycles. The number of ether oxygens (including phenoxy) is 2. The van der Waals surface area contributed by atoms with Gasteiger partial charge < -0.3 is 15.2 Å². The van der Waals surface area contributed by atoms with E-state index in [2.05, 4.69) is 15.9 Å². The van der Waals surface area contributed by atoms with Crippen LogP contribution in [0.2, 0.25) is 0 Å². The van der Waals surface area contributed by atoms with Gasteiger partial charge in [-0.3, -0.25) is 4.79 Å². The molecule has 0 aromatic heterocycles. The third-order valence-electron chi connectivity index (χ3n) is 2.67. The number of carbonyl (C=O) groups excluding carboxylic acids is 1. The third kappa shape index (κ3) is 2.30. The summed E-state index contributed by atoms with van der Waals surface area (Å²) in [6.07, 6.45) is 0.332. The molecule has 0 aliphatic carbocycles.